The Labute approximate surface area is 100 Å². The molecule has 0 spiro atoms. The highest BCUT2D eigenvalue weighted by molar-refractivity contribution is 5.75. The van der Waals surface area contributed by atoms with Gasteiger partial charge in [-0.05, 0) is 37.1 Å². The van der Waals surface area contributed by atoms with Gasteiger partial charge in [-0.3, -0.25) is 9.69 Å². The van der Waals surface area contributed by atoms with Gasteiger partial charge in [0, 0.05) is 6.54 Å². The van der Waals surface area contributed by atoms with E-state index in [1.165, 1.54) is 19.2 Å². The molecule has 0 amide bonds. The minimum atomic E-state index is -0.236. The Morgan fingerprint density at radius 3 is 2.82 bits per heavy atom. The summed E-state index contributed by atoms with van der Waals surface area (Å²) in [5.74, 6) is -0.413. The number of nitrogens with zero attached hydrogens (tertiary/aromatic N) is 1. The number of carbonyl (C=O) groups is 1. The summed E-state index contributed by atoms with van der Waals surface area (Å²) in [5, 5.41) is 0. The van der Waals surface area contributed by atoms with Gasteiger partial charge in [-0.25, -0.2) is 4.39 Å². The third-order valence-corrected chi connectivity index (χ3v) is 3.14. The number of benzene rings is 1. The number of halogens is 1. The molecule has 1 atom stereocenters. The van der Waals surface area contributed by atoms with Crippen LogP contribution in [0.3, 0.4) is 0 Å². The summed E-state index contributed by atoms with van der Waals surface area (Å²) in [6.45, 7) is 1.55. The fraction of sp³-hybridized carbons (Fsp3) is 0.462. The molecule has 17 heavy (non-hydrogen) atoms. The zero-order valence-corrected chi connectivity index (χ0v) is 9.86. The van der Waals surface area contributed by atoms with Crippen molar-refractivity contribution in [1.82, 2.24) is 4.90 Å². The normalized spacial score (nSPS) is 20.5. The maximum Gasteiger partial charge on any atom is 0.323 e. The monoisotopic (exact) mass is 237 g/mol. The van der Waals surface area contributed by atoms with Crippen molar-refractivity contribution in [1.29, 1.82) is 0 Å². The van der Waals surface area contributed by atoms with Crippen molar-refractivity contribution in [2.24, 2.45) is 0 Å². The van der Waals surface area contributed by atoms with Crippen LogP contribution < -0.4 is 0 Å². The van der Waals surface area contributed by atoms with Crippen LogP contribution in [-0.4, -0.2) is 30.6 Å². The first-order chi connectivity index (χ1) is 8.20. The maximum absolute atomic E-state index is 12.8. The lowest BCUT2D eigenvalue weighted by atomic mass is 10.2. The van der Waals surface area contributed by atoms with Crippen LogP contribution in [0.5, 0.6) is 0 Å². The third-order valence-electron chi connectivity index (χ3n) is 3.14. The van der Waals surface area contributed by atoms with Crippen LogP contribution in [0.25, 0.3) is 0 Å². The molecule has 2 rings (SSSR count). The van der Waals surface area contributed by atoms with E-state index in [1.807, 2.05) is 0 Å². The molecule has 0 bridgehead atoms. The molecular weight excluding hydrogens is 221 g/mol. The van der Waals surface area contributed by atoms with E-state index < -0.39 is 0 Å². The van der Waals surface area contributed by atoms with Crippen LogP contribution in [0.15, 0.2) is 24.3 Å². The fourth-order valence-electron chi connectivity index (χ4n) is 2.24. The average Bonchev–Trinajstić information content (AvgIpc) is 2.79. The fourth-order valence-corrected chi connectivity index (χ4v) is 2.24. The van der Waals surface area contributed by atoms with Gasteiger partial charge in [0.2, 0.25) is 0 Å². The summed E-state index contributed by atoms with van der Waals surface area (Å²) in [7, 11) is 1.41. The minimum Gasteiger partial charge on any atom is -0.468 e. The van der Waals surface area contributed by atoms with E-state index in [-0.39, 0.29) is 17.8 Å². The number of rotatable bonds is 3. The second kappa shape index (κ2) is 5.27. The van der Waals surface area contributed by atoms with Gasteiger partial charge >= 0.3 is 5.97 Å². The summed E-state index contributed by atoms with van der Waals surface area (Å²) in [5.41, 5.74) is 1.02. The Kier molecular flexibility index (Phi) is 3.74. The molecule has 0 radical (unpaired) electrons. The van der Waals surface area contributed by atoms with Crippen molar-refractivity contribution in [2.45, 2.75) is 25.4 Å². The number of methoxy groups -OCH3 is 1. The molecule has 1 aliphatic heterocycles. The van der Waals surface area contributed by atoms with Gasteiger partial charge in [0.15, 0.2) is 0 Å². The third kappa shape index (κ3) is 2.82. The Bertz CT molecular complexity index is 391. The zero-order chi connectivity index (χ0) is 12.3. The van der Waals surface area contributed by atoms with Crippen molar-refractivity contribution >= 4 is 5.97 Å². The van der Waals surface area contributed by atoms with E-state index in [4.69, 9.17) is 4.74 Å². The van der Waals surface area contributed by atoms with E-state index in [9.17, 15) is 9.18 Å². The number of esters is 1. The number of hydrogen-bond acceptors (Lipinski definition) is 3. The Morgan fingerprint density at radius 2 is 2.18 bits per heavy atom. The Balaban J connectivity index is 2.02. The molecule has 0 aliphatic carbocycles. The van der Waals surface area contributed by atoms with E-state index in [0.29, 0.717) is 6.54 Å². The zero-order valence-electron chi connectivity index (χ0n) is 9.86. The second-order valence-electron chi connectivity index (χ2n) is 4.28. The smallest absolute Gasteiger partial charge is 0.323 e. The van der Waals surface area contributed by atoms with Gasteiger partial charge < -0.3 is 4.74 Å². The van der Waals surface area contributed by atoms with Crippen molar-refractivity contribution in [3.05, 3.63) is 35.6 Å². The maximum atomic E-state index is 12.8. The van der Waals surface area contributed by atoms with Crippen LogP contribution in [0.2, 0.25) is 0 Å². The molecule has 0 N–H and O–H groups in total. The van der Waals surface area contributed by atoms with E-state index in [1.54, 1.807) is 12.1 Å². The minimum absolute atomic E-state index is 0.148. The molecule has 1 fully saturated rings. The Hall–Kier alpha value is -1.42. The van der Waals surface area contributed by atoms with Crippen LogP contribution >= 0.6 is 0 Å². The van der Waals surface area contributed by atoms with Crippen molar-refractivity contribution in [3.63, 3.8) is 0 Å². The van der Waals surface area contributed by atoms with Gasteiger partial charge in [-0.1, -0.05) is 12.1 Å². The number of hydrogen-bond donors (Lipinski definition) is 0. The first-order valence-corrected chi connectivity index (χ1v) is 5.77. The Morgan fingerprint density at radius 1 is 1.47 bits per heavy atom. The van der Waals surface area contributed by atoms with Crippen LogP contribution in [-0.2, 0) is 16.1 Å². The highest BCUT2D eigenvalue weighted by Crippen LogP contribution is 2.21. The van der Waals surface area contributed by atoms with E-state index >= 15 is 0 Å². The van der Waals surface area contributed by atoms with Crippen molar-refractivity contribution in [2.75, 3.05) is 13.7 Å². The summed E-state index contributed by atoms with van der Waals surface area (Å²) < 4.78 is 17.6. The molecule has 1 aromatic carbocycles. The van der Waals surface area contributed by atoms with Crippen LogP contribution in [0, 0.1) is 5.82 Å². The first-order valence-electron chi connectivity index (χ1n) is 5.77. The molecule has 1 aliphatic rings. The van der Waals surface area contributed by atoms with Gasteiger partial charge in [0.25, 0.3) is 0 Å². The highest BCUT2D eigenvalue weighted by Gasteiger charge is 2.31. The molecular formula is C13H16FNO2. The molecule has 1 aromatic rings. The lowest BCUT2D eigenvalue weighted by molar-refractivity contribution is -0.146. The predicted octanol–water partition coefficient (Wildman–Crippen LogP) is 1.96. The van der Waals surface area contributed by atoms with Crippen molar-refractivity contribution < 1.29 is 13.9 Å². The second-order valence-corrected chi connectivity index (χ2v) is 4.28. The highest BCUT2D eigenvalue weighted by atomic mass is 19.1. The number of carbonyl (C=O) groups excluding carboxylic acids is 1. The molecule has 1 heterocycles. The summed E-state index contributed by atoms with van der Waals surface area (Å²) in [6.07, 6.45) is 1.84. The molecule has 92 valence electrons. The van der Waals surface area contributed by atoms with Crippen molar-refractivity contribution in [3.8, 4) is 0 Å². The molecule has 0 saturated carbocycles. The quantitative estimate of drug-likeness (QED) is 0.753. The molecule has 3 nitrogen and oxygen atoms in total. The lowest BCUT2D eigenvalue weighted by Crippen LogP contribution is -2.36. The largest absolute Gasteiger partial charge is 0.468 e. The van der Waals surface area contributed by atoms with Gasteiger partial charge in [-0.15, -0.1) is 0 Å². The first kappa shape index (κ1) is 12.0. The molecule has 0 aromatic heterocycles. The molecule has 1 saturated heterocycles. The SMILES string of the molecule is COC(=O)C1CCCN1Cc1ccc(F)cc1. The van der Waals surface area contributed by atoms with Gasteiger partial charge in [0.05, 0.1) is 7.11 Å². The van der Waals surface area contributed by atoms with Gasteiger partial charge in [0.1, 0.15) is 11.9 Å². The standard InChI is InChI=1S/C13H16FNO2/c1-17-13(16)12-3-2-8-15(12)9-10-4-6-11(14)7-5-10/h4-7,12H,2-3,8-9H2,1H3. The van der Waals surface area contributed by atoms with Crippen LogP contribution in [0.1, 0.15) is 18.4 Å². The average molecular weight is 237 g/mol. The van der Waals surface area contributed by atoms with E-state index in [0.717, 1.165) is 24.9 Å². The lowest BCUT2D eigenvalue weighted by Gasteiger charge is -2.22. The number of likely N-dealkylation sites (tertiary alicyclic amines) is 1. The van der Waals surface area contributed by atoms with E-state index in [2.05, 4.69) is 4.90 Å². The summed E-state index contributed by atoms with van der Waals surface area (Å²) >= 11 is 0. The summed E-state index contributed by atoms with van der Waals surface area (Å²) in [6, 6.07) is 6.24. The van der Waals surface area contributed by atoms with Crippen LogP contribution in [0.4, 0.5) is 4.39 Å². The number of ether oxygens (including phenoxy) is 1. The summed E-state index contributed by atoms with van der Waals surface area (Å²) in [4.78, 5) is 13.6. The molecule has 4 heteroatoms. The predicted molar refractivity (Wildman–Crippen MR) is 61.8 cm³/mol. The van der Waals surface area contributed by atoms with Gasteiger partial charge in [-0.2, -0.15) is 0 Å². The molecule has 1 unspecified atom stereocenters. The topological polar surface area (TPSA) is 29.5 Å².